The first-order chi connectivity index (χ1) is 7.31. The fourth-order valence-corrected chi connectivity index (χ4v) is 1.54. The molecule has 0 spiro atoms. The molecule has 0 unspecified atom stereocenters. The second kappa shape index (κ2) is 5.26. The fourth-order valence-electron chi connectivity index (χ4n) is 1.54. The lowest BCUT2D eigenvalue weighted by Crippen LogP contribution is -1.80. The van der Waals surface area contributed by atoms with E-state index in [0.29, 0.717) is 6.42 Å². The average molecular weight is 199 g/mol. The minimum atomic E-state index is 0.709. The Kier molecular flexibility index (Phi) is 4.00. The molecule has 1 heterocycles. The van der Waals surface area contributed by atoms with Gasteiger partial charge in [0, 0.05) is 23.5 Å². The molecule has 0 amide bonds. The van der Waals surface area contributed by atoms with E-state index in [1.807, 2.05) is 20.0 Å². The maximum atomic E-state index is 5.26. The molecule has 0 bridgehead atoms. The molecule has 1 N–H and O–H groups in total. The first-order valence-electron chi connectivity index (χ1n) is 5.31. The van der Waals surface area contributed by atoms with E-state index in [0.717, 1.165) is 0 Å². The molecule has 0 aliphatic heterocycles. The van der Waals surface area contributed by atoms with Gasteiger partial charge >= 0.3 is 0 Å². The zero-order valence-electron chi connectivity index (χ0n) is 9.59. The van der Waals surface area contributed by atoms with Gasteiger partial charge in [0.1, 0.15) is 0 Å². The van der Waals surface area contributed by atoms with Crippen molar-refractivity contribution in [1.82, 2.24) is 4.98 Å². The number of hydrogen-bond donors (Lipinski definition) is 1. The molecule has 15 heavy (non-hydrogen) atoms. The molecule has 0 aliphatic rings. The standard InChI is InChI=1S/C12H11N.C2H6/c1-3-4-10-5-6-12-11(7-10)9(2)8-13-12;1-2/h1,5-8,13H,4H2,2H3;1-2H3. The zero-order valence-corrected chi connectivity index (χ0v) is 9.59. The first-order valence-corrected chi connectivity index (χ1v) is 5.31. The van der Waals surface area contributed by atoms with Crippen molar-refractivity contribution in [3.63, 3.8) is 0 Å². The predicted molar refractivity (Wildman–Crippen MR) is 66.9 cm³/mol. The fraction of sp³-hybridized carbons (Fsp3) is 0.286. The summed E-state index contributed by atoms with van der Waals surface area (Å²) in [4.78, 5) is 3.21. The highest BCUT2D eigenvalue weighted by atomic mass is 14.7. The summed E-state index contributed by atoms with van der Waals surface area (Å²) >= 11 is 0. The van der Waals surface area contributed by atoms with Gasteiger partial charge in [-0.05, 0) is 30.2 Å². The van der Waals surface area contributed by atoms with Crippen LogP contribution in [0.5, 0.6) is 0 Å². The van der Waals surface area contributed by atoms with Crippen LogP contribution in [0, 0.1) is 19.3 Å². The quantitative estimate of drug-likeness (QED) is 0.674. The highest BCUT2D eigenvalue weighted by molar-refractivity contribution is 5.83. The van der Waals surface area contributed by atoms with Gasteiger partial charge in [-0.15, -0.1) is 12.3 Å². The van der Waals surface area contributed by atoms with Crippen molar-refractivity contribution < 1.29 is 0 Å². The summed E-state index contributed by atoms with van der Waals surface area (Å²) in [7, 11) is 0. The van der Waals surface area contributed by atoms with Crippen LogP contribution < -0.4 is 0 Å². The Bertz CT molecular complexity index is 472. The van der Waals surface area contributed by atoms with Gasteiger partial charge in [-0.2, -0.15) is 0 Å². The molecular weight excluding hydrogens is 182 g/mol. The summed E-state index contributed by atoms with van der Waals surface area (Å²) in [5, 5.41) is 1.27. The summed E-state index contributed by atoms with van der Waals surface area (Å²) in [5.41, 5.74) is 3.66. The van der Waals surface area contributed by atoms with E-state index in [9.17, 15) is 0 Å². The molecule has 1 nitrogen and oxygen atoms in total. The van der Waals surface area contributed by atoms with Crippen molar-refractivity contribution in [2.75, 3.05) is 0 Å². The molecule has 0 saturated heterocycles. The van der Waals surface area contributed by atoms with Crippen LogP contribution in [-0.4, -0.2) is 4.98 Å². The number of hydrogen-bond acceptors (Lipinski definition) is 0. The number of rotatable bonds is 1. The van der Waals surface area contributed by atoms with Crippen LogP contribution >= 0.6 is 0 Å². The molecular formula is C14H17N. The Morgan fingerprint density at radius 2 is 2.07 bits per heavy atom. The smallest absolute Gasteiger partial charge is 0.0456 e. The number of aromatic nitrogens is 1. The van der Waals surface area contributed by atoms with Crippen LogP contribution in [0.3, 0.4) is 0 Å². The largest absolute Gasteiger partial charge is 0.361 e. The third-order valence-corrected chi connectivity index (χ3v) is 2.26. The molecule has 1 aromatic carbocycles. The molecule has 2 rings (SSSR count). The lowest BCUT2D eigenvalue weighted by Gasteiger charge is -1.96. The van der Waals surface area contributed by atoms with Crippen molar-refractivity contribution in [2.45, 2.75) is 27.2 Å². The number of terminal acetylenes is 1. The highest BCUT2D eigenvalue weighted by Gasteiger charge is 1.99. The van der Waals surface area contributed by atoms with Gasteiger partial charge in [0.2, 0.25) is 0 Å². The maximum Gasteiger partial charge on any atom is 0.0456 e. The lowest BCUT2D eigenvalue weighted by molar-refractivity contribution is 1.33. The number of aromatic amines is 1. The number of aryl methyl sites for hydroxylation is 1. The minimum Gasteiger partial charge on any atom is -0.361 e. The van der Waals surface area contributed by atoms with Crippen LogP contribution in [0.25, 0.3) is 10.9 Å². The van der Waals surface area contributed by atoms with E-state index >= 15 is 0 Å². The van der Waals surface area contributed by atoms with Crippen LogP contribution in [0.15, 0.2) is 24.4 Å². The number of H-pyrrole nitrogens is 1. The van der Waals surface area contributed by atoms with Crippen LogP contribution in [0.4, 0.5) is 0 Å². The molecule has 1 heteroatoms. The minimum absolute atomic E-state index is 0.709. The normalized spacial score (nSPS) is 9.20. The number of fused-ring (bicyclic) bond motifs is 1. The number of nitrogens with one attached hydrogen (secondary N) is 1. The molecule has 2 aromatic rings. The Labute approximate surface area is 91.5 Å². The SMILES string of the molecule is C#CCc1ccc2[nH]cc(C)c2c1.CC. The van der Waals surface area contributed by atoms with Gasteiger partial charge in [-0.3, -0.25) is 0 Å². The maximum absolute atomic E-state index is 5.26. The van der Waals surface area contributed by atoms with Crippen molar-refractivity contribution in [3.05, 3.63) is 35.5 Å². The van der Waals surface area contributed by atoms with Gasteiger partial charge in [-0.25, -0.2) is 0 Å². The first kappa shape index (κ1) is 11.4. The topological polar surface area (TPSA) is 15.8 Å². The lowest BCUT2D eigenvalue weighted by atomic mass is 10.1. The predicted octanol–water partition coefficient (Wildman–Crippen LogP) is 3.68. The summed E-state index contributed by atoms with van der Waals surface area (Å²) in [6.45, 7) is 6.10. The van der Waals surface area contributed by atoms with Gasteiger partial charge in [0.25, 0.3) is 0 Å². The van der Waals surface area contributed by atoms with Gasteiger partial charge < -0.3 is 4.98 Å². The van der Waals surface area contributed by atoms with E-state index in [1.165, 1.54) is 22.0 Å². The van der Waals surface area contributed by atoms with Crippen LogP contribution in [0.2, 0.25) is 0 Å². The third kappa shape index (κ3) is 2.41. The van der Waals surface area contributed by atoms with Crippen LogP contribution in [-0.2, 0) is 6.42 Å². The zero-order chi connectivity index (χ0) is 11.3. The molecule has 0 radical (unpaired) electrons. The second-order valence-corrected chi connectivity index (χ2v) is 3.23. The van der Waals surface area contributed by atoms with E-state index in [-0.39, 0.29) is 0 Å². The van der Waals surface area contributed by atoms with E-state index in [1.54, 1.807) is 0 Å². The molecule has 0 atom stereocenters. The molecule has 0 fully saturated rings. The summed E-state index contributed by atoms with van der Waals surface area (Å²) in [6.07, 6.45) is 7.99. The Morgan fingerprint density at radius 3 is 2.73 bits per heavy atom. The van der Waals surface area contributed by atoms with Crippen molar-refractivity contribution in [3.8, 4) is 12.3 Å². The van der Waals surface area contributed by atoms with E-state index in [2.05, 4.69) is 36.0 Å². The van der Waals surface area contributed by atoms with Gasteiger partial charge in [0.05, 0.1) is 0 Å². The molecule has 0 saturated carbocycles. The molecule has 78 valence electrons. The monoisotopic (exact) mass is 199 g/mol. The third-order valence-electron chi connectivity index (χ3n) is 2.26. The van der Waals surface area contributed by atoms with Crippen molar-refractivity contribution >= 4 is 10.9 Å². The highest BCUT2D eigenvalue weighted by Crippen LogP contribution is 2.18. The van der Waals surface area contributed by atoms with E-state index in [4.69, 9.17) is 6.42 Å². The summed E-state index contributed by atoms with van der Waals surface area (Å²) < 4.78 is 0. The van der Waals surface area contributed by atoms with Gasteiger partial charge in [-0.1, -0.05) is 19.9 Å². The average Bonchev–Trinajstić information content (AvgIpc) is 2.64. The Balaban J connectivity index is 0.000000531. The van der Waals surface area contributed by atoms with Gasteiger partial charge in [0.15, 0.2) is 0 Å². The molecule has 1 aromatic heterocycles. The second-order valence-electron chi connectivity index (χ2n) is 3.23. The summed E-state index contributed by atoms with van der Waals surface area (Å²) in [6, 6.07) is 6.30. The van der Waals surface area contributed by atoms with Crippen LogP contribution in [0.1, 0.15) is 25.0 Å². The molecule has 0 aliphatic carbocycles. The Morgan fingerprint density at radius 1 is 1.33 bits per heavy atom. The van der Waals surface area contributed by atoms with E-state index < -0.39 is 0 Å². The van der Waals surface area contributed by atoms with Crippen molar-refractivity contribution in [2.24, 2.45) is 0 Å². The summed E-state index contributed by atoms with van der Waals surface area (Å²) in [5.74, 6) is 2.65. The number of benzene rings is 1. The van der Waals surface area contributed by atoms with Crippen molar-refractivity contribution in [1.29, 1.82) is 0 Å². The Hall–Kier alpha value is -1.68.